The van der Waals surface area contributed by atoms with E-state index < -0.39 is 16.1 Å². The second kappa shape index (κ2) is 12.0. The number of aryl methyl sites for hydroxylation is 1. The average molecular weight is 604 g/mol. The lowest BCUT2D eigenvalue weighted by atomic mass is 9.41. The molecule has 3 N–H and O–H groups in total. The molecule has 0 aromatic heterocycles. The summed E-state index contributed by atoms with van der Waals surface area (Å²) in [4.78, 5) is 12.3. The fraction of sp³-hybridized carbons (Fsp3) is 0.794. The zero-order chi connectivity index (χ0) is 30.4. The Morgan fingerprint density at radius 2 is 1.69 bits per heavy atom. The normalized spacial score (nSPS) is 40.4. The molecule has 0 bridgehead atoms. The van der Waals surface area contributed by atoms with Crippen LogP contribution in [0.2, 0.25) is 0 Å². The Morgan fingerprint density at radius 3 is 2.38 bits per heavy atom. The Bertz CT molecular complexity index is 1220. The van der Waals surface area contributed by atoms with Gasteiger partial charge in [-0.05, 0) is 129 Å². The van der Waals surface area contributed by atoms with Gasteiger partial charge in [0, 0.05) is 0 Å². The fourth-order valence-electron chi connectivity index (χ4n) is 10.6. The average Bonchev–Trinajstić information content (AvgIpc) is 3.29. The number of carbonyl (C=O) groups is 1. The first-order valence-corrected chi connectivity index (χ1v) is 17.9. The third-order valence-electron chi connectivity index (χ3n) is 12.7. The van der Waals surface area contributed by atoms with Crippen LogP contribution in [0, 0.1) is 59.2 Å². The molecule has 8 heteroatoms. The molecule has 5 rings (SSSR count). The van der Waals surface area contributed by atoms with Gasteiger partial charge < -0.3 is 14.9 Å². The number of hydrogen-bond acceptors (Lipinski definition) is 6. The molecule has 0 radical (unpaired) electrons. The lowest BCUT2D eigenvalue weighted by Gasteiger charge is -2.64. The highest BCUT2D eigenvalue weighted by molar-refractivity contribution is 7.90. The second-order valence-electron chi connectivity index (χ2n) is 14.8. The van der Waals surface area contributed by atoms with E-state index in [2.05, 4.69) is 27.7 Å². The van der Waals surface area contributed by atoms with Gasteiger partial charge in [-0.3, -0.25) is 0 Å². The van der Waals surface area contributed by atoms with E-state index in [0.29, 0.717) is 41.9 Å². The first kappa shape index (κ1) is 31.8. The molecule has 11 atom stereocenters. The molecule has 1 aromatic carbocycles. The Hall–Kier alpha value is -1.64. The molecule has 1 aromatic rings. The Kier molecular flexibility index (Phi) is 9.11. The SMILES string of the molecule is CC[C@H]1[C@@H](O)C2[C@H](CC[C@]3(C)[C@@H]([C@H](C)CCCOC(=O)NS(=O)(=O)c4ccc(C)cc4)CC[C@@H]23)C2(C)CC[C@@H](O)C[C@@H]12. The number of benzene rings is 1. The zero-order valence-electron chi connectivity index (χ0n) is 26.2. The second-order valence-corrected chi connectivity index (χ2v) is 16.5. The Balaban J connectivity index is 1.17. The maximum absolute atomic E-state index is 12.5. The van der Waals surface area contributed by atoms with Gasteiger partial charge in [0.15, 0.2) is 0 Å². The molecular formula is C34H53NO6S. The summed E-state index contributed by atoms with van der Waals surface area (Å²) in [7, 11) is -3.96. The Labute approximate surface area is 253 Å². The van der Waals surface area contributed by atoms with Crippen molar-refractivity contribution in [2.24, 2.45) is 52.3 Å². The van der Waals surface area contributed by atoms with Gasteiger partial charge in [-0.25, -0.2) is 17.9 Å². The van der Waals surface area contributed by atoms with Crippen LogP contribution in [0.15, 0.2) is 29.2 Å². The molecule has 236 valence electrons. The molecule has 4 saturated carbocycles. The van der Waals surface area contributed by atoms with E-state index >= 15 is 0 Å². The van der Waals surface area contributed by atoms with Crippen LogP contribution < -0.4 is 4.72 Å². The summed E-state index contributed by atoms with van der Waals surface area (Å²) in [5, 5.41) is 22.4. The predicted octanol–water partition coefficient (Wildman–Crippen LogP) is 6.45. The number of hydrogen-bond donors (Lipinski definition) is 3. The molecule has 0 heterocycles. The maximum Gasteiger partial charge on any atom is 0.421 e. The summed E-state index contributed by atoms with van der Waals surface area (Å²) in [6.45, 7) is 11.6. The highest BCUT2D eigenvalue weighted by Crippen LogP contribution is 2.69. The van der Waals surface area contributed by atoms with Crippen LogP contribution in [-0.4, -0.2) is 43.5 Å². The summed E-state index contributed by atoms with van der Waals surface area (Å²) in [5.74, 6) is 3.08. The van der Waals surface area contributed by atoms with Gasteiger partial charge in [0.25, 0.3) is 10.0 Å². The smallest absolute Gasteiger partial charge is 0.421 e. The van der Waals surface area contributed by atoms with Gasteiger partial charge in [-0.1, -0.05) is 51.8 Å². The molecule has 4 aliphatic rings. The molecule has 7 nitrogen and oxygen atoms in total. The third-order valence-corrected chi connectivity index (χ3v) is 14.1. The maximum atomic E-state index is 12.5. The molecule has 0 saturated heterocycles. The number of amides is 1. The highest BCUT2D eigenvalue weighted by Gasteiger charge is 2.64. The number of fused-ring (bicyclic) bond motifs is 5. The van der Waals surface area contributed by atoms with Crippen molar-refractivity contribution >= 4 is 16.1 Å². The number of nitrogens with one attached hydrogen (secondary N) is 1. The molecule has 4 fully saturated rings. The van der Waals surface area contributed by atoms with E-state index in [1.807, 2.05) is 11.6 Å². The number of rotatable bonds is 8. The van der Waals surface area contributed by atoms with E-state index in [4.69, 9.17) is 4.74 Å². The molecule has 4 aliphatic carbocycles. The van der Waals surface area contributed by atoms with E-state index in [1.165, 1.54) is 31.4 Å². The third kappa shape index (κ3) is 5.65. The minimum absolute atomic E-state index is 0.0383. The summed E-state index contributed by atoms with van der Waals surface area (Å²) in [5.41, 5.74) is 1.34. The summed E-state index contributed by atoms with van der Waals surface area (Å²) in [6.07, 6.45) is 8.63. The van der Waals surface area contributed by atoms with Gasteiger partial charge in [-0.15, -0.1) is 0 Å². The fourth-order valence-corrected chi connectivity index (χ4v) is 11.5. The van der Waals surface area contributed by atoms with E-state index in [0.717, 1.165) is 44.1 Å². The molecular weight excluding hydrogens is 550 g/mol. The van der Waals surface area contributed by atoms with Crippen LogP contribution in [0.3, 0.4) is 0 Å². The molecule has 2 unspecified atom stereocenters. The van der Waals surface area contributed by atoms with Gasteiger partial charge in [0.2, 0.25) is 0 Å². The number of aliphatic hydroxyl groups is 2. The van der Waals surface area contributed by atoms with E-state index in [1.54, 1.807) is 12.1 Å². The van der Waals surface area contributed by atoms with Crippen LogP contribution in [0.5, 0.6) is 0 Å². The standard InChI is InChI=1S/C34H53NO6S/c1-6-25-29-20-23(36)15-17-34(29,5)28-16-18-33(4)26(13-14-27(33)30(28)31(25)37)22(3)8-7-19-41-32(38)35-42(39,40)24-11-9-21(2)10-12-24/h9-12,22-23,25-31,36-37H,6-8,13-20H2,1-5H3,(H,35,38)/t22-,23-,25-,26-,27+,28+,29+,30?,31-,33-,34?/m1/s1. The number of sulfonamides is 1. The van der Waals surface area contributed by atoms with Crippen LogP contribution in [-0.2, 0) is 14.8 Å². The van der Waals surface area contributed by atoms with Crippen molar-refractivity contribution in [3.63, 3.8) is 0 Å². The zero-order valence-corrected chi connectivity index (χ0v) is 27.0. The van der Waals surface area contributed by atoms with Crippen LogP contribution in [0.4, 0.5) is 4.79 Å². The monoisotopic (exact) mass is 603 g/mol. The topological polar surface area (TPSA) is 113 Å². The minimum Gasteiger partial charge on any atom is -0.449 e. The quantitative estimate of drug-likeness (QED) is 0.294. The van der Waals surface area contributed by atoms with Gasteiger partial charge in [-0.2, -0.15) is 0 Å². The van der Waals surface area contributed by atoms with Crippen molar-refractivity contribution < 1.29 is 28.2 Å². The van der Waals surface area contributed by atoms with Crippen molar-refractivity contribution in [1.82, 2.24) is 4.72 Å². The lowest BCUT2D eigenvalue weighted by Crippen LogP contribution is -2.62. The minimum atomic E-state index is -3.96. The summed E-state index contributed by atoms with van der Waals surface area (Å²) in [6, 6.07) is 6.33. The summed E-state index contributed by atoms with van der Waals surface area (Å²) < 4.78 is 32.2. The largest absolute Gasteiger partial charge is 0.449 e. The first-order chi connectivity index (χ1) is 19.8. The van der Waals surface area contributed by atoms with Gasteiger partial charge >= 0.3 is 6.09 Å². The number of carbonyl (C=O) groups excluding carboxylic acids is 1. The van der Waals surface area contributed by atoms with Crippen molar-refractivity contribution in [2.75, 3.05) is 6.61 Å². The summed E-state index contributed by atoms with van der Waals surface area (Å²) >= 11 is 0. The number of ether oxygens (including phenoxy) is 1. The molecule has 42 heavy (non-hydrogen) atoms. The van der Waals surface area contributed by atoms with Crippen molar-refractivity contribution in [3.05, 3.63) is 29.8 Å². The van der Waals surface area contributed by atoms with Gasteiger partial charge in [0.1, 0.15) is 0 Å². The van der Waals surface area contributed by atoms with Crippen LogP contribution >= 0.6 is 0 Å². The predicted molar refractivity (Wildman–Crippen MR) is 163 cm³/mol. The van der Waals surface area contributed by atoms with Crippen LogP contribution in [0.1, 0.15) is 97.5 Å². The van der Waals surface area contributed by atoms with Gasteiger partial charge in [0.05, 0.1) is 23.7 Å². The van der Waals surface area contributed by atoms with Crippen molar-refractivity contribution in [1.29, 1.82) is 0 Å². The molecule has 0 spiro atoms. The highest BCUT2D eigenvalue weighted by atomic mass is 32.2. The van der Waals surface area contributed by atoms with Crippen molar-refractivity contribution in [3.8, 4) is 0 Å². The van der Waals surface area contributed by atoms with E-state index in [9.17, 15) is 23.4 Å². The Morgan fingerprint density at radius 1 is 1.02 bits per heavy atom. The molecule has 1 amide bonds. The van der Waals surface area contributed by atoms with Crippen molar-refractivity contribution in [2.45, 2.75) is 116 Å². The van der Waals surface area contributed by atoms with Crippen LogP contribution in [0.25, 0.3) is 0 Å². The van der Waals surface area contributed by atoms with E-state index in [-0.39, 0.29) is 40.5 Å². The molecule has 0 aliphatic heterocycles. The number of aliphatic hydroxyl groups excluding tert-OH is 2. The first-order valence-electron chi connectivity index (χ1n) is 16.4. The lowest BCUT2D eigenvalue weighted by molar-refractivity contribution is -0.203.